The summed E-state index contributed by atoms with van der Waals surface area (Å²) in [6, 6.07) is 6.51. The van der Waals surface area contributed by atoms with E-state index in [-0.39, 0.29) is 22.6 Å². The molecule has 112 valence electrons. The first-order chi connectivity index (χ1) is 9.04. The van der Waals surface area contributed by atoms with Gasteiger partial charge in [-0.25, -0.2) is 0 Å². The lowest BCUT2D eigenvalue weighted by Gasteiger charge is -2.26. The summed E-state index contributed by atoms with van der Waals surface area (Å²) in [6.45, 7) is 13.5. The van der Waals surface area contributed by atoms with E-state index in [1.165, 1.54) is 11.1 Å². The number of thiol groups is 1. The van der Waals surface area contributed by atoms with Gasteiger partial charge in [0.05, 0.1) is 5.75 Å². The van der Waals surface area contributed by atoms with Gasteiger partial charge in [0.1, 0.15) is 6.61 Å². The second-order valence-electron chi connectivity index (χ2n) is 7.24. The molecule has 1 aromatic carbocycles. The molecule has 20 heavy (non-hydrogen) atoms. The molecule has 0 fully saturated rings. The Morgan fingerprint density at radius 1 is 1.00 bits per heavy atom. The Morgan fingerprint density at radius 3 is 1.80 bits per heavy atom. The molecule has 0 unspecified atom stereocenters. The Bertz CT molecular complexity index is 446. The van der Waals surface area contributed by atoms with Crippen molar-refractivity contribution in [3.63, 3.8) is 0 Å². The Balaban J connectivity index is 3.14. The van der Waals surface area contributed by atoms with Crippen LogP contribution in [0.4, 0.5) is 0 Å². The first-order valence-corrected chi connectivity index (χ1v) is 7.58. The third-order valence-corrected chi connectivity index (χ3v) is 3.51. The summed E-state index contributed by atoms with van der Waals surface area (Å²) in [4.78, 5) is 11.3. The van der Waals surface area contributed by atoms with E-state index in [0.29, 0.717) is 6.61 Å². The number of benzene rings is 1. The predicted octanol–water partition coefficient (Wildman–Crippen LogP) is 4.25. The van der Waals surface area contributed by atoms with Gasteiger partial charge in [0.15, 0.2) is 0 Å². The minimum absolute atomic E-state index is 0.0730. The van der Waals surface area contributed by atoms with Crippen molar-refractivity contribution < 1.29 is 9.53 Å². The average molecular weight is 294 g/mol. The van der Waals surface area contributed by atoms with E-state index < -0.39 is 0 Å². The predicted molar refractivity (Wildman–Crippen MR) is 87.5 cm³/mol. The lowest BCUT2D eigenvalue weighted by Crippen LogP contribution is -2.17. The topological polar surface area (TPSA) is 26.3 Å². The van der Waals surface area contributed by atoms with E-state index in [2.05, 4.69) is 72.4 Å². The Hall–Kier alpha value is -0.960. The SMILES string of the molecule is CC(C)(C)c1cc(COC(=O)CS)cc(C(C)(C)C)c1. The molecule has 3 heteroatoms. The molecule has 0 spiro atoms. The normalized spacial score (nSPS) is 12.3. The lowest BCUT2D eigenvalue weighted by atomic mass is 9.79. The Kier molecular flexibility index (Phi) is 5.31. The van der Waals surface area contributed by atoms with Gasteiger partial charge >= 0.3 is 5.97 Å². The lowest BCUT2D eigenvalue weighted by molar-refractivity contribution is -0.141. The van der Waals surface area contributed by atoms with Gasteiger partial charge in [-0.05, 0) is 27.5 Å². The van der Waals surface area contributed by atoms with E-state index in [4.69, 9.17) is 4.74 Å². The highest BCUT2D eigenvalue weighted by Crippen LogP contribution is 2.30. The molecule has 0 aromatic heterocycles. The quantitative estimate of drug-likeness (QED) is 0.666. The smallest absolute Gasteiger partial charge is 0.315 e. The van der Waals surface area contributed by atoms with Crippen LogP contribution in [0.15, 0.2) is 18.2 Å². The van der Waals surface area contributed by atoms with E-state index in [1.54, 1.807) is 0 Å². The summed E-state index contributed by atoms with van der Waals surface area (Å²) < 4.78 is 5.20. The fraction of sp³-hybridized carbons (Fsp3) is 0.588. The largest absolute Gasteiger partial charge is 0.460 e. The van der Waals surface area contributed by atoms with E-state index >= 15 is 0 Å². The highest BCUT2D eigenvalue weighted by Gasteiger charge is 2.20. The van der Waals surface area contributed by atoms with Crippen LogP contribution >= 0.6 is 12.6 Å². The first kappa shape index (κ1) is 17.1. The van der Waals surface area contributed by atoms with Crippen LogP contribution in [0, 0.1) is 0 Å². The van der Waals surface area contributed by atoms with Crippen LogP contribution in [0.5, 0.6) is 0 Å². The molecule has 2 nitrogen and oxygen atoms in total. The summed E-state index contributed by atoms with van der Waals surface area (Å²) in [5.41, 5.74) is 3.72. The Morgan fingerprint density at radius 2 is 1.45 bits per heavy atom. The third-order valence-electron chi connectivity index (χ3n) is 3.25. The van der Waals surface area contributed by atoms with Crippen LogP contribution in [-0.2, 0) is 27.0 Å². The molecular formula is C17H26O2S. The van der Waals surface area contributed by atoms with Crippen molar-refractivity contribution in [1.82, 2.24) is 0 Å². The second-order valence-corrected chi connectivity index (χ2v) is 7.55. The van der Waals surface area contributed by atoms with E-state index in [1.807, 2.05) is 0 Å². The van der Waals surface area contributed by atoms with Crippen LogP contribution in [0.2, 0.25) is 0 Å². The summed E-state index contributed by atoms with van der Waals surface area (Å²) in [5.74, 6) is -0.169. The van der Waals surface area contributed by atoms with Gasteiger partial charge in [0.2, 0.25) is 0 Å². The summed E-state index contributed by atoms with van der Waals surface area (Å²) in [7, 11) is 0. The maximum atomic E-state index is 11.3. The molecule has 0 aliphatic rings. The number of carbonyl (C=O) groups excluding carboxylic acids is 1. The highest BCUT2D eigenvalue weighted by molar-refractivity contribution is 7.81. The standard InChI is InChI=1S/C17H26O2S/c1-16(2,3)13-7-12(10-19-15(18)11-20)8-14(9-13)17(4,5)6/h7-9,20H,10-11H2,1-6H3. The second kappa shape index (κ2) is 6.21. The van der Waals surface area contributed by atoms with Crippen molar-refractivity contribution in [2.75, 3.05) is 5.75 Å². The first-order valence-electron chi connectivity index (χ1n) is 6.95. The van der Waals surface area contributed by atoms with Crippen molar-refractivity contribution in [3.05, 3.63) is 34.9 Å². The molecule has 0 saturated carbocycles. The molecule has 0 aliphatic heterocycles. The van der Waals surface area contributed by atoms with Gasteiger partial charge in [-0.3, -0.25) is 4.79 Å². The van der Waals surface area contributed by atoms with E-state index in [0.717, 1.165) is 5.56 Å². The number of rotatable bonds is 3. The zero-order chi connectivity index (χ0) is 15.6. The molecule has 0 atom stereocenters. The fourth-order valence-corrected chi connectivity index (χ4v) is 1.94. The third kappa shape index (κ3) is 4.86. The summed E-state index contributed by atoms with van der Waals surface area (Å²) in [6.07, 6.45) is 0. The monoisotopic (exact) mass is 294 g/mol. The summed E-state index contributed by atoms with van der Waals surface area (Å²) >= 11 is 3.92. The number of esters is 1. The molecule has 0 saturated heterocycles. The maximum absolute atomic E-state index is 11.3. The van der Waals surface area contributed by atoms with Crippen molar-refractivity contribution >= 4 is 18.6 Å². The molecule has 1 rings (SSSR count). The fourth-order valence-electron chi connectivity index (χ4n) is 1.85. The zero-order valence-electron chi connectivity index (χ0n) is 13.4. The van der Waals surface area contributed by atoms with Crippen LogP contribution < -0.4 is 0 Å². The molecular weight excluding hydrogens is 268 g/mol. The molecule has 0 radical (unpaired) electrons. The summed E-state index contributed by atoms with van der Waals surface area (Å²) in [5, 5.41) is 0. The number of carbonyl (C=O) groups is 1. The van der Waals surface area contributed by atoms with Crippen LogP contribution in [0.1, 0.15) is 58.2 Å². The highest BCUT2D eigenvalue weighted by atomic mass is 32.1. The van der Waals surface area contributed by atoms with Gasteiger partial charge in [-0.2, -0.15) is 12.6 Å². The van der Waals surface area contributed by atoms with Gasteiger partial charge in [0, 0.05) is 0 Å². The molecule has 0 N–H and O–H groups in total. The number of hydrogen-bond donors (Lipinski definition) is 1. The van der Waals surface area contributed by atoms with Crippen LogP contribution in [-0.4, -0.2) is 11.7 Å². The molecule has 0 amide bonds. The maximum Gasteiger partial charge on any atom is 0.315 e. The van der Waals surface area contributed by atoms with Gasteiger partial charge in [0.25, 0.3) is 0 Å². The van der Waals surface area contributed by atoms with Crippen molar-refractivity contribution in [2.24, 2.45) is 0 Å². The van der Waals surface area contributed by atoms with Gasteiger partial charge in [-0.15, -0.1) is 0 Å². The Labute approximate surface area is 128 Å². The zero-order valence-corrected chi connectivity index (χ0v) is 14.3. The van der Waals surface area contributed by atoms with E-state index in [9.17, 15) is 4.79 Å². The minimum atomic E-state index is -0.285. The van der Waals surface area contributed by atoms with Crippen molar-refractivity contribution in [1.29, 1.82) is 0 Å². The molecule has 0 bridgehead atoms. The number of ether oxygens (including phenoxy) is 1. The van der Waals surface area contributed by atoms with Crippen molar-refractivity contribution in [2.45, 2.75) is 59.0 Å². The van der Waals surface area contributed by atoms with Crippen LogP contribution in [0.3, 0.4) is 0 Å². The molecule has 1 aromatic rings. The molecule has 0 aliphatic carbocycles. The average Bonchev–Trinajstić information content (AvgIpc) is 2.33. The molecule has 0 heterocycles. The number of hydrogen-bond acceptors (Lipinski definition) is 3. The van der Waals surface area contributed by atoms with Crippen LogP contribution in [0.25, 0.3) is 0 Å². The van der Waals surface area contributed by atoms with Gasteiger partial charge in [-0.1, -0.05) is 59.7 Å². The van der Waals surface area contributed by atoms with Gasteiger partial charge < -0.3 is 4.74 Å². The van der Waals surface area contributed by atoms with Crippen molar-refractivity contribution in [3.8, 4) is 0 Å². The minimum Gasteiger partial charge on any atom is -0.460 e.